The molecule has 4 nitrogen and oxygen atoms in total. The van der Waals surface area contributed by atoms with Gasteiger partial charge >= 0.3 is 11.6 Å². The predicted octanol–water partition coefficient (Wildman–Crippen LogP) is 5.58. The van der Waals surface area contributed by atoms with Crippen molar-refractivity contribution in [3.05, 3.63) is 52.7 Å². The van der Waals surface area contributed by atoms with Crippen LogP contribution >= 0.6 is 11.8 Å². The number of hydrogen-bond acceptors (Lipinski definition) is 5. The first-order chi connectivity index (χ1) is 13.6. The Labute approximate surface area is 168 Å². The lowest BCUT2D eigenvalue weighted by atomic mass is 9.94. The maximum absolute atomic E-state index is 14.6. The summed E-state index contributed by atoms with van der Waals surface area (Å²) >= 11 is 1.61. The number of para-hydroxylation sites is 1. The van der Waals surface area contributed by atoms with Crippen molar-refractivity contribution in [3.63, 3.8) is 0 Å². The number of fused-ring (bicyclic) bond motifs is 1. The van der Waals surface area contributed by atoms with Crippen LogP contribution in [0, 0.1) is 5.82 Å². The molecule has 0 N–H and O–H groups in total. The van der Waals surface area contributed by atoms with Gasteiger partial charge in [0.25, 0.3) is 0 Å². The lowest BCUT2D eigenvalue weighted by Gasteiger charge is -2.14. The number of benzene rings is 1. The summed E-state index contributed by atoms with van der Waals surface area (Å²) in [5.41, 5.74) is 0.169. The van der Waals surface area contributed by atoms with E-state index < -0.39 is 17.4 Å². The van der Waals surface area contributed by atoms with E-state index in [1.807, 2.05) is 18.2 Å². The van der Waals surface area contributed by atoms with Gasteiger partial charge < -0.3 is 9.15 Å². The highest BCUT2D eigenvalue weighted by Gasteiger charge is 2.26. The van der Waals surface area contributed by atoms with Gasteiger partial charge in [-0.05, 0) is 49.8 Å². The van der Waals surface area contributed by atoms with Gasteiger partial charge in [-0.2, -0.15) is 4.39 Å². The van der Waals surface area contributed by atoms with Crippen molar-refractivity contribution in [2.75, 3.05) is 12.4 Å². The van der Waals surface area contributed by atoms with Crippen molar-refractivity contribution in [3.8, 4) is 0 Å². The van der Waals surface area contributed by atoms with Crippen LogP contribution in [-0.2, 0) is 9.53 Å². The highest BCUT2D eigenvalue weighted by molar-refractivity contribution is 7.99. The third-order valence-corrected chi connectivity index (χ3v) is 6.23. The average Bonchev–Trinajstić information content (AvgIpc) is 3.22. The van der Waals surface area contributed by atoms with E-state index in [-0.39, 0.29) is 5.92 Å². The largest absolute Gasteiger partial charge is 0.463 e. The quantitative estimate of drug-likeness (QED) is 0.179. The molecule has 1 fully saturated rings. The van der Waals surface area contributed by atoms with Crippen LogP contribution in [0.25, 0.3) is 11.0 Å². The average molecular weight is 405 g/mol. The summed E-state index contributed by atoms with van der Waals surface area (Å²) in [4.78, 5) is 23.9. The fourth-order valence-electron chi connectivity index (χ4n) is 3.72. The molecule has 28 heavy (non-hydrogen) atoms. The highest BCUT2D eigenvalue weighted by atomic mass is 32.2. The Hall–Kier alpha value is -2.08. The van der Waals surface area contributed by atoms with E-state index in [0.29, 0.717) is 17.8 Å². The van der Waals surface area contributed by atoms with E-state index in [0.717, 1.165) is 67.1 Å². The van der Waals surface area contributed by atoms with Crippen LogP contribution in [0.3, 0.4) is 0 Å². The molecule has 0 atom stereocenters. The second-order valence-electron chi connectivity index (χ2n) is 7.01. The monoisotopic (exact) mass is 404 g/mol. The van der Waals surface area contributed by atoms with Crippen molar-refractivity contribution in [2.45, 2.75) is 55.8 Å². The number of thioether (sulfide) groups is 1. The first kappa shape index (κ1) is 20.6. The number of carbonyl (C=O) groups excluding carboxylic acids is 1. The summed E-state index contributed by atoms with van der Waals surface area (Å²) in [6.45, 7) is 3.75. The Morgan fingerprint density at radius 1 is 1.29 bits per heavy atom. The van der Waals surface area contributed by atoms with Gasteiger partial charge in [0.05, 0.1) is 11.5 Å². The Morgan fingerprint density at radius 2 is 2.07 bits per heavy atom. The van der Waals surface area contributed by atoms with Crippen molar-refractivity contribution in [1.82, 2.24) is 0 Å². The molecule has 0 spiro atoms. The van der Waals surface area contributed by atoms with Gasteiger partial charge in [-0.1, -0.05) is 31.6 Å². The van der Waals surface area contributed by atoms with E-state index in [1.165, 1.54) is 0 Å². The first-order valence-corrected chi connectivity index (χ1v) is 10.8. The van der Waals surface area contributed by atoms with Crippen LogP contribution in [0.5, 0.6) is 0 Å². The standard InChI is InChI=1S/C22H25FO4S/c1-2-18(24)26-13-6-3-7-14-28-17-12-8-11-16-19(15-9-4-5-10-15)20(23)22(25)27-21(16)17/h2,8,11-12,15H,1,3-7,9-10,13-14H2. The van der Waals surface area contributed by atoms with E-state index in [1.54, 1.807) is 11.8 Å². The van der Waals surface area contributed by atoms with Crippen LogP contribution in [0.4, 0.5) is 4.39 Å². The normalized spacial score (nSPS) is 14.5. The molecule has 1 heterocycles. The number of ether oxygens (including phenoxy) is 1. The molecular weight excluding hydrogens is 379 g/mol. The number of halogens is 1. The van der Waals surface area contributed by atoms with E-state index in [9.17, 15) is 14.0 Å². The summed E-state index contributed by atoms with van der Waals surface area (Å²) < 4.78 is 24.9. The van der Waals surface area contributed by atoms with Crippen molar-refractivity contribution >= 4 is 28.7 Å². The molecule has 0 unspecified atom stereocenters. The summed E-state index contributed by atoms with van der Waals surface area (Å²) in [5, 5.41) is 0.727. The molecule has 150 valence electrons. The maximum atomic E-state index is 14.6. The maximum Gasteiger partial charge on any atom is 0.372 e. The highest BCUT2D eigenvalue weighted by Crippen LogP contribution is 2.40. The Kier molecular flexibility index (Phi) is 7.31. The molecule has 1 aliphatic rings. The van der Waals surface area contributed by atoms with Gasteiger partial charge in [-0.15, -0.1) is 11.8 Å². The molecule has 0 amide bonds. The number of rotatable bonds is 9. The molecule has 6 heteroatoms. The van der Waals surface area contributed by atoms with Gasteiger partial charge in [0.15, 0.2) is 5.58 Å². The zero-order valence-corrected chi connectivity index (χ0v) is 16.7. The molecular formula is C22H25FO4S. The number of carbonyl (C=O) groups is 1. The molecule has 0 aliphatic heterocycles. The Balaban J connectivity index is 1.66. The zero-order valence-electron chi connectivity index (χ0n) is 15.9. The van der Waals surface area contributed by atoms with Crippen molar-refractivity contribution in [1.29, 1.82) is 0 Å². The minimum absolute atomic E-state index is 0.102. The molecule has 1 aromatic carbocycles. The first-order valence-electron chi connectivity index (χ1n) is 9.79. The van der Waals surface area contributed by atoms with Crippen LogP contribution in [0.1, 0.15) is 56.4 Å². The smallest absolute Gasteiger partial charge is 0.372 e. The van der Waals surface area contributed by atoms with Gasteiger partial charge in [-0.25, -0.2) is 9.59 Å². The molecule has 1 saturated carbocycles. The van der Waals surface area contributed by atoms with Gasteiger partial charge in [0.1, 0.15) is 0 Å². The summed E-state index contributed by atoms with van der Waals surface area (Å²) in [6, 6.07) is 5.67. The van der Waals surface area contributed by atoms with Crippen molar-refractivity contribution in [2.24, 2.45) is 0 Å². The summed E-state index contributed by atoms with van der Waals surface area (Å²) in [6.07, 6.45) is 7.80. The molecule has 1 aromatic heterocycles. The predicted molar refractivity (Wildman–Crippen MR) is 109 cm³/mol. The van der Waals surface area contributed by atoms with Crippen LogP contribution in [0.15, 0.2) is 45.0 Å². The van der Waals surface area contributed by atoms with Gasteiger partial charge in [-0.3, -0.25) is 0 Å². The van der Waals surface area contributed by atoms with Gasteiger partial charge in [0, 0.05) is 17.0 Å². The summed E-state index contributed by atoms with van der Waals surface area (Å²) in [5.74, 6) is -0.180. The Morgan fingerprint density at radius 3 is 2.82 bits per heavy atom. The topological polar surface area (TPSA) is 56.5 Å². The van der Waals surface area contributed by atoms with E-state index >= 15 is 0 Å². The molecule has 2 aromatic rings. The van der Waals surface area contributed by atoms with Gasteiger partial charge in [0.2, 0.25) is 5.82 Å². The number of esters is 1. The number of hydrogen-bond donors (Lipinski definition) is 0. The zero-order chi connectivity index (χ0) is 19.9. The second kappa shape index (κ2) is 9.92. The minimum Gasteiger partial charge on any atom is -0.463 e. The van der Waals surface area contributed by atoms with Crippen molar-refractivity contribution < 1.29 is 18.3 Å². The van der Waals surface area contributed by atoms with E-state index in [2.05, 4.69) is 6.58 Å². The lowest BCUT2D eigenvalue weighted by molar-refractivity contribution is -0.137. The fourth-order valence-corrected chi connectivity index (χ4v) is 4.75. The number of unbranched alkanes of at least 4 members (excludes halogenated alkanes) is 2. The van der Waals surface area contributed by atoms with E-state index in [4.69, 9.17) is 9.15 Å². The summed E-state index contributed by atoms with van der Waals surface area (Å²) in [7, 11) is 0. The molecule has 3 rings (SSSR count). The SMILES string of the molecule is C=CC(=O)OCCCCCSc1cccc2c(C3CCCC3)c(F)c(=O)oc12. The molecule has 0 bridgehead atoms. The Bertz CT molecular complexity index is 899. The second-order valence-corrected chi connectivity index (χ2v) is 8.15. The molecule has 0 saturated heterocycles. The van der Waals surface area contributed by atoms with Crippen LogP contribution < -0.4 is 5.63 Å². The molecule has 1 aliphatic carbocycles. The third-order valence-electron chi connectivity index (χ3n) is 5.10. The minimum atomic E-state index is -0.869. The van der Waals surface area contributed by atoms with Crippen LogP contribution in [0.2, 0.25) is 0 Å². The van der Waals surface area contributed by atoms with Crippen LogP contribution in [-0.4, -0.2) is 18.3 Å². The fraction of sp³-hybridized carbons (Fsp3) is 0.455. The lowest BCUT2D eigenvalue weighted by Crippen LogP contribution is -2.12. The molecule has 0 radical (unpaired) electrons. The third kappa shape index (κ3) is 4.85.